The first kappa shape index (κ1) is 18.8. The predicted octanol–water partition coefficient (Wildman–Crippen LogP) is 5.02. The van der Waals surface area contributed by atoms with E-state index in [1.165, 1.54) is 60.9 Å². The monoisotopic (exact) mass is 423 g/mol. The van der Waals surface area contributed by atoms with Gasteiger partial charge in [0.2, 0.25) is 0 Å². The summed E-state index contributed by atoms with van der Waals surface area (Å²) in [5.41, 5.74) is 1.08. The van der Waals surface area contributed by atoms with Crippen molar-refractivity contribution in [1.29, 1.82) is 0 Å². The molecular weight excluding hydrogens is 389 g/mol. The molecule has 2 heterocycles. The fraction of sp³-hybridized carbons (Fsp3) is 0.684. The summed E-state index contributed by atoms with van der Waals surface area (Å²) in [6.45, 7) is 6.98. The van der Waals surface area contributed by atoms with Gasteiger partial charge < -0.3 is 0 Å². The van der Waals surface area contributed by atoms with Crippen molar-refractivity contribution in [1.82, 2.24) is 14.8 Å². The number of pyridine rings is 1. The van der Waals surface area contributed by atoms with Crippen molar-refractivity contribution in [2.45, 2.75) is 72.6 Å². The van der Waals surface area contributed by atoms with Crippen molar-refractivity contribution in [3.63, 3.8) is 0 Å². The molecule has 0 radical (unpaired) electrons. The Balaban J connectivity index is 2.51. The van der Waals surface area contributed by atoms with E-state index in [-0.39, 0.29) is 0 Å². The topological polar surface area (TPSA) is 30.7 Å². The van der Waals surface area contributed by atoms with Crippen LogP contribution in [-0.4, -0.2) is 33.1 Å². The van der Waals surface area contributed by atoms with E-state index in [1.54, 1.807) is 0 Å². The van der Waals surface area contributed by atoms with Gasteiger partial charge in [0.1, 0.15) is 0 Å². The summed E-state index contributed by atoms with van der Waals surface area (Å²) in [4.78, 5) is 4.59. The molecule has 4 heteroatoms. The number of aromatic nitrogens is 3. The molecule has 0 N–H and O–H groups in total. The molecule has 0 aliphatic heterocycles. The minimum atomic E-state index is -2.46. The molecular formula is C19H33N3Sn. The first-order valence-corrected chi connectivity index (χ1v) is 16.9. The summed E-state index contributed by atoms with van der Waals surface area (Å²) in [5.74, 6) is 0. The van der Waals surface area contributed by atoms with Gasteiger partial charge in [0.05, 0.1) is 0 Å². The first-order valence-electron chi connectivity index (χ1n) is 9.46. The van der Waals surface area contributed by atoms with Gasteiger partial charge in [-0.3, -0.25) is 0 Å². The van der Waals surface area contributed by atoms with Crippen LogP contribution in [0.25, 0.3) is 11.0 Å². The van der Waals surface area contributed by atoms with Crippen LogP contribution in [0.4, 0.5) is 0 Å². The third kappa shape index (κ3) is 4.28. The fourth-order valence-electron chi connectivity index (χ4n) is 3.76. The molecule has 0 saturated carbocycles. The van der Waals surface area contributed by atoms with Crippen molar-refractivity contribution in [3.8, 4) is 0 Å². The van der Waals surface area contributed by atoms with Crippen LogP contribution in [0.3, 0.4) is 0 Å². The molecule has 0 fully saturated rings. The normalized spacial score (nSPS) is 12.2. The van der Waals surface area contributed by atoms with Crippen molar-refractivity contribution >= 4 is 33.1 Å². The van der Waals surface area contributed by atoms with Crippen molar-refractivity contribution in [2.24, 2.45) is 7.05 Å². The van der Waals surface area contributed by atoms with Crippen LogP contribution in [0.2, 0.25) is 13.3 Å². The Bertz CT molecular complexity index is 584. The fourth-order valence-corrected chi connectivity index (χ4v) is 20.0. The number of fused-ring (bicyclic) bond motifs is 1. The third-order valence-corrected chi connectivity index (χ3v) is 20.3. The average Bonchev–Trinajstić information content (AvgIpc) is 2.93. The van der Waals surface area contributed by atoms with Gasteiger partial charge in [-0.05, 0) is 0 Å². The zero-order chi connectivity index (χ0) is 16.7. The van der Waals surface area contributed by atoms with Gasteiger partial charge >= 0.3 is 146 Å². The van der Waals surface area contributed by atoms with Gasteiger partial charge in [-0.25, -0.2) is 0 Å². The number of nitrogens with zero attached hydrogens (tertiary/aromatic N) is 3. The van der Waals surface area contributed by atoms with E-state index in [1.807, 2.05) is 10.9 Å². The van der Waals surface area contributed by atoms with E-state index in [4.69, 9.17) is 5.10 Å². The summed E-state index contributed by atoms with van der Waals surface area (Å²) < 4.78 is 7.94. The molecule has 128 valence electrons. The van der Waals surface area contributed by atoms with E-state index < -0.39 is 18.4 Å². The van der Waals surface area contributed by atoms with Crippen molar-refractivity contribution in [3.05, 3.63) is 18.3 Å². The Morgan fingerprint density at radius 2 is 1.52 bits per heavy atom. The summed E-state index contributed by atoms with van der Waals surface area (Å²) in [7, 11) is 2.06. The molecule has 0 saturated heterocycles. The van der Waals surface area contributed by atoms with Crippen molar-refractivity contribution in [2.75, 3.05) is 0 Å². The van der Waals surface area contributed by atoms with Gasteiger partial charge in [0.25, 0.3) is 0 Å². The Labute approximate surface area is 145 Å². The van der Waals surface area contributed by atoms with Gasteiger partial charge in [-0.15, -0.1) is 0 Å². The summed E-state index contributed by atoms with van der Waals surface area (Å²) in [6.07, 6.45) is 9.94. The molecule has 2 aromatic rings. The second kappa shape index (κ2) is 9.05. The SMILES string of the molecule is CCC[CH2][Sn]([CH2]CCC)([CH2]CCC)[c]1nn(C)c2ncccc12. The Hall–Kier alpha value is -0.581. The average molecular weight is 422 g/mol. The molecule has 0 atom stereocenters. The first-order chi connectivity index (χ1) is 11.2. The van der Waals surface area contributed by atoms with E-state index in [2.05, 4.69) is 44.9 Å². The van der Waals surface area contributed by atoms with Crippen LogP contribution in [0, 0.1) is 0 Å². The number of unbranched alkanes of at least 4 members (excludes halogenated alkanes) is 3. The summed E-state index contributed by atoms with van der Waals surface area (Å²) in [6, 6.07) is 4.35. The second-order valence-electron chi connectivity index (χ2n) is 6.94. The van der Waals surface area contributed by atoms with E-state index in [0.717, 1.165) is 5.65 Å². The minimum absolute atomic E-state index is 1.08. The van der Waals surface area contributed by atoms with Crippen LogP contribution >= 0.6 is 0 Å². The van der Waals surface area contributed by atoms with Crippen LogP contribution in [0.1, 0.15) is 59.3 Å². The summed E-state index contributed by atoms with van der Waals surface area (Å²) >= 11 is -2.46. The Kier molecular flexibility index (Phi) is 7.38. The molecule has 0 aliphatic carbocycles. The van der Waals surface area contributed by atoms with Crippen LogP contribution in [0.15, 0.2) is 18.3 Å². The molecule has 2 aromatic heterocycles. The van der Waals surface area contributed by atoms with Crippen LogP contribution in [-0.2, 0) is 7.05 Å². The maximum atomic E-state index is 5.07. The number of hydrogen-bond donors (Lipinski definition) is 0. The molecule has 0 amide bonds. The molecule has 0 unspecified atom stereocenters. The standard InChI is InChI=1S/C7H6N3.3C4H9.Sn/c1-10-7-6(5-9-10)3-2-4-8-7;3*1-3-4-2;/h2-4H,1H3;3*1,3-4H2,2H3;. The van der Waals surface area contributed by atoms with Gasteiger partial charge in [-0.2, -0.15) is 0 Å². The van der Waals surface area contributed by atoms with E-state index in [9.17, 15) is 0 Å². The van der Waals surface area contributed by atoms with Gasteiger partial charge in [0.15, 0.2) is 0 Å². The predicted molar refractivity (Wildman–Crippen MR) is 103 cm³/mol. The molecule has 0 aliphatic rings. The van der Waals surface area contributed by atoms with E-state index in [0.29, 0.717) is 0 Å². The Morgan fingerprint density at radius 3 is 2.04 bits per heavy atom. The maximum absolute atomic E-state index is 5.07. The summed E-state index contributed by atoms with van der Waals surface area (Å²) in [5, 5.41) is 6.42. The third-order valence-electron chi connectivity index (χ3n) is 5.13. The quantitative estimate of drug-likeness (QED) is 0.504. The zero-order valence-electron chi connectivity index (χ0n) is 15.4. The van der Waals surface area contributed by atoms with E-state index >= 15 is 0 Å². The molecule has 2 rings (SSSR count). The van der Waals surface area contributed by atoms with Crippen LogP contribution in [0.5, 0.6) is 0 Å². The number of hydrogen-bond acceptors (Lipinski definition) is 2. The zero-order valence-corrected chi connectivity index (χ0v) is 18.3. The molecule has 0 aromatic carbocycles. The van der Waals surface area contributed by atoms with Crippen molar-refractivity contribution < 1.29 is 0 Å². The number of rotatable bonds is 10. The number of aryl methyl sites for hydroxylation is 1. The second-order valence-corrected chi connectivity index (χ2v) is 19.9. The molecule has 3 nitrogen and oxygen atoms in total. The van der Waals surface area contributed by atoms with Gasteiger partial charge in [0, 0.05) is 0 Å². The Morgan fingerprint density at radius 1 is 0.957 bits per heavy atom. The van der Waals surface area contributed by atoms with Gasteiger partial charge in [-0.1, -0.05) is 0 Å². The molecule has 0 spiro atoms. The van der Waals surface area contributed by atoms with Crippen LogP contribution < -0.4 is 3.71 Å². The molecule has 0 bridgehead atoms. The molecule has 23 heavy (non-hydrogen) atoms.